The van der Waals surface area contributed by atoms with Gasteiger partial charge < -0.3 is 39.4 Å². The molecular formula is C43H74O10. The van der Waals surface area contributed by atoms with E-state index in [0.29, 0.717) is 6.42 Å². The van der Waals surface area contributed by atoms with E-state index >= 15 is 0 Å². The lowest BCUT2D eigenvalue weighted by Crippen LogP contribution is -2.59. The minimum Gasteiger partial charge on any atom is -0.462 e. The quantitative estimate of drug-likeness (QED) is 0.0294. The monoisotopic (exact) mass is 751 g/mol. The van der Waals surface area contributed by atoms with Crippen LogP contribution >= 0.6 is 0 Å². The van der Waals surface area contributed by atoms with Crippen LogP contribution in [0.15, 0.2) is 48.6 Å². The van der Waals surface area contributed by atoms with E-state index in [1.54, 1.807) is 0 Å². The molecule has 306 valence electrons. The highest BCUT2D eigenvalue weighted by molar-refractivity contribution is 5.70. The zero-order valence-corrected chi connectivity index (χ0v) is 33.0. The normalized spacial score (nSPS) is 21.4. The molecule has 6 atom stereocenters. The van der Waals surface area contributed by atoms with E-state index in [1.165, 1.54) is 64.2 Å². The fourth-order valence-electron chi connectivity index (χ4n) is 6.02. The number of allylic oxidation sites excluding steroid dienone is 8. The summed E-state index contributed by atoms with van der Waals surface area (Å²) >= 11 is 0. The molecule has 1 heterocycles. The van der Waals surface area contributed by atoms with Gasteiger partial charge in [-0.05, 0) is 32.1 Å². The molecule has 1 aliphatic rings. The summed E-state index contributed by atoms with van der Waals surface area (Å²) in [6, 6.07) is 0. The lowest BCUT2D eigenvalue weighted by Gasteiger charge is -2.39. The highest BCUT2D eigenvalue weighted by atomic mass is 16.7. The standard InChI is InChI=1S/C43H74O10/c1-3-5-7-9-11-13-15-17-18-20-22-24-26-28-30-32-39(46)52-36(35-51-43-42(49)41(48)40(47)37(33-44)53-43)34-50-38(45)31-29-27-25-23-21-19-16-14-12-10-8-6-4-2/h5,7,9,11,13,15,17-18,36-37,40-44,47-49H,3-4,6,8,10,12,14,16,19-35H2,1-2H3/b7-5+,11-9+,15-13+,18-17+/t36-,37-,40+,41?,42?,43-/m1/s1. The van der Waals surface area contributed by atoms with Gasteiger partial charge >= 0.3 is 11.9 Å². The average Bonchev–Trinajstić information content (AvgIpc) is 3.15. The molecule has 10 nitrogen and oxygen atoms in total. The van der Waals surface area contributed by atoms with Crippen molar-refractivity contribution in [3.05, 3.63) is 48.6 Å². The zero-order chi connectivity index (χ0) is 38.8. The van der Waals surface area contributed by atoms with Gasteiger partial charge in [-0.2, -0.15) is 0 Å². The molecule has 1 rings (SSSR count). The van der Waals surface area contributed by atoms with E-state index < -0.39 is 49.4 Å². The smallest absolute Gasteiger partial charge is 0.306 e. The van der Waals surface area contributed by atoms with Gasteiger partial charge in [0.2, 0.25) is 0 Å². The van der Waals surface area contributed by atoms with Crippen molar-refractivity contribution >= 4 is 11.9 Å². The van der Waals surface area contributed by atoms with Crippen LogP contribution in [0.5, 0.6) is 0 Å². The molecule has 1 fully saturated rings. The second-order valence-corrected chi connectivity index (χ2v) is 14.2. The molecule has 0 spiro atoms. The third-order valence-corrected chi connectivity index (χ3v) is 9.32. The summed E-state index contributed by atoms with van der Waals surface area (Å²) in [5, 5.41) is 40.0. The largest absolute Gasteiger partial charge is 0.462 e. The first-order chi connectivity index (χ1) is 25.8. The molecule has 0 radical (unpaired) electrons. The van der Waals surface area contributed by atoms with Crippen molar-refractivity contribution in [2.75, 3.05) is 19.8 Å². The molecular weight excluding hydrogens is 676 g/mol. The molecule has 53 heavy (non-hydrogen) atoms. The number of carbonyl (C=O) groups is 2. The van der Waals surface area contributed by atoms with E-state index in [2.05, 4.69) is 32.1 Å². The number of hydrogen-bond acceptors (Lipinski definition) is 10. The van der Waals surface area contributed by atoms with Gasteiger partial charge in [0, 0.05) is 12.8 Å². The van der Waals surface area contributed by atoms with Gasteiger partial charge in [0.1, 0.15) is 31.0 Å². The Labute approximate surface area is 320 Å². The van der Waals surface area contributed by atoms with Crippen molar-refractivity contribution in [3.63, 3.8) is 0 Å². The van der Waals surface area contributed by atoms with Crippen LogP contribution in [0.2, 0.25) is 0 Å². The number of aliphatic hydroxyl groups is 4. The van der Waals surface area contributed by atoms with E-state index in [9.17, 15) is 30.0 Å². The number of carbonyl (C=O) groups excluding carboxylic acids is 2. The third-order valence-electron chi connectivity index (χ3n) is 9.32. The molecule has 0 aromatic heterocycles. The first kappa shape index (κ1) is 48.7. The molecule has 2 unspecified atom stereocenters. The average molecular weight is 751 g/mol. The van der Waals surface area contributed by atoms with Crippen molar-refractivity contribution in [2.24, 2.45) is 0 Å². The number of esters is 2. The Kier molecular flexibility index (Phi) is 31.4. The lowest BCUT2D eigenvalue weighted by atomic mass is 9.99. The lowest BCUT2D eigenvalue weighted by molar-refractivity contribution is -0.305. The molecule has 0 amide bonds. The fraction of sp³-hybridized carbons (Fsp3) is 0.767. The van der Waals surface area contributed by atoms with Crippen LogP contribution in [0.4, 0.5) is 0 Å². The van der Waals surface area contributed by atoms with Crippen LogP contribution in [-0.2, 0) is 28.5 Å². The van der Waals surface area contributed by atoms with Gasteiger partial charge in [-0.15, -0.1) is 0 Å². The number of unbranched alkanes of at least 4 members (excludes halogenated alkanes) is 17. The van der Waals surface area contributed by atoms with Crippen LogP contribution in [0.1, 0.15) is 155 Å². The predicted octanol–water partition coefficient (Wildman–Crippen LogP) is 8.10. The molecule has 1 aliphatic heterocycles. The summed E-state index contributed by atoms with van der Waals surface area (Å²) in [7, 11) is 0. The van der Waals surface area contributed by atoms with Crippen molar-refractivity contribution < 1.29 is 49.0 Å². The number of rotatable bonds is 33. The maximum Gasteiger partial charge on any atom is 0.306 e. The Hall–Kier alpha value is -2.34. The molecule has 1 saturated heterocycles. The number of hydrogen-bond donors (Lipinski definition) is 4. The Bertz CT molecular complexity index is 1010. The highest BCUT2D eigenvalue weighted by Gasteiger charge is 2.44. The second kappa shape index (κ2) is 34.2. The summed E-state index contributed by atoms with van der Waals surface area (Å²) < 4.78 is 22.1. The van der Waals surface area contributed by atoms with E-state index in [1.807, 2.05) is 30.4 Å². The van der Waals surface area contributed by atoms with Gasteiger partial charge in [0.15, 0.2) is 12.4 Å². The van der Waals surface area contributed by atoms with E-state index in [0.717, 1.165) is 57.8 Å². The first-order valence-corrected chi connectivity index (χ1v) is 20.8. The maximum absolute atomic E-state index is 12.7. The molecule has 0 saturated carbocycles. The van der Waals surface area contributed by atoms with Crippen LogP contribution in [-0.4, -0.2) is 89.0 Å². The molecule has 4 N–H and O–H groups in total. The Morgan fingerprint density at radius 3 is 1.68 bits per heavy atom. The van der Waals surface area contributed by atoms with Gasteiger partial charge in [-0.3, -0.25) is 9.59 Å². The van der Waals surface area contributed by atoms with Gasteiger partial charge in [0.05, 0.1) is 13.2 Å². The van der Waals surface area contributed by atoms with Crippen molar-refractivity contribution in [2.45, 2.75) is 192 Å². The fourth-order valence-corrected chi connectivity index (χ4v) is 6.02. The van der Waals surface area contributed by atoms with Crippen LogP contribution in [0.25, 0.3) is 0 Å². The Balaban J connectivity index is 2.39. The predicted molar refractivity (Wildman–Crippen MR) is 210 cm³/mol. The van der Waals surface area contributed by atoms with Crippen LogP contribution in [0.3, 0.4) is 0 Å². The third kappa shape index (κ3) is 26.2. The summed E-state index contributed by atoms with van der Waals surface area (Å²) in [4.78, 5) is 25.2. The number of aliphatic hydroxyl groups excluding tert-OH is 4. The van der Waals surface area contributed by atoms with E-state index in [4.69, 9.17) is 18.9 Å². The highest BCUT2D eigenvalue weighted by Crippen LogP contribution is 2.22. The van der Waals surface area contributed by atoms with Crippen molar-refractivity contribution in [1.29, 1.82) is 0 Å². The maximum atomic E-state index is 12.7. The summed E-state index contributed by atoms with van der Waals surface area (Å²) in [6.07, 6.45) is 31.1. The summed E-state index contributed by atoms with van der Waals surface area (Å²) in [6.45, 7) is 3.24. The Morgan fingerprint density at radius 1 is 0.604 bits per heavy atom. The number of ether oxygens (including phenoxy) is 4. The van der Waals surface area contributed by atoms with Gasteiger partial charge in [-0.25, -0.2) is 0 Å². The second-order valence-electron chi connectivity index (χ2n) is 14.2. The molecule has 0 bridgehead atoms. The molecule has 0 aromatic carbocycles. The minimum absolute atomic E-state index is 0.203. The van der Waals surface area contributed by atoms with E-state index in [-0.39, 0.29) is 32.0 Å². The Morgan fingerprint density at radius 2 is 1.11 bits per heavy atom. The van der Waals surface area contributed by atoms with Crippen LogP contribution < -0.4 is 0 Å². The summed E-state index contributed by atoms with van der Waals surface area (Å²) in [5.74, 6) is -0.835. The van der Waals surface area contributed by atoms with Gasteiger partial charge in [0.25, 0.3) is 0 Å². The molecule has 0 aliphatic carbocycles. The molecule has 10 heteroatoms. The minimum atomic E-state index is -1.60. The first-order valence-electron chi connectivity index (χ1n) is 20.8. The molecule has 0 aromatic rings. The summed E-state index contributed by atoms with van der Waals surface area (Å²) in [5.41, 5.74) is 0. The van der Waals surface area contributed by atoms with Crippen molar-refractivity contribution in [3.8, 4) is 0 Å². The zero-order valence-electron chi connectivity index (χ0n) is 33.0. The van der Waals surface area contributed by atoms with Crippen molar-refractivity contribution in [1.82, 2.24) is 0 Å². The van der Waals surface area contributed by atoms with Crippen LogP contribution in [0, 0.1) is 0 Å². The topological polar surface area (TPSA) is 152 Å². The van der Waals surface area contributed by atoms with Gasteiger partial charge in [-0.1, -0.05) is 159 Å². The SMILES string of the molecule is CC/C=C/C=C/C=C/C=C/CCCCCCCC(=O)O[C@H](COC(=O)CCCCCCCCCCCCCCC)CO[C@@H]1O[C@H](CO)[C@H](O)C(O)C1O.